The number of aliphatic hydroxyl groups is 1. The molecule has 0 aliphatic carbocycles. The molecule has 3 aromatic rings. The lowest BCUT2D eigenvalue weighted by Gasteiger charge is -2.15. The molecule has 2 aromatic heterocycles. The van der Waals surface area contributed by atoms with Crippen molar-refractivity contribution in [2.75, 3.05) is 26.1 Å². The molecule has 0 amide bonds. The fourth-order valence-electron chi connectivity index (χ4n) is 2.29. The van der Waals surface area contributed by atoms with Gasteiger partial charge < -0.3 is 19.9 Å². The van der Waals surface area contributed by atoms with Crippen molar-refractivity contribution in [2.24, 2.45) is 0 Å². The van der Waals surface area contributed by atoms with Crippen molar-refractivity contribution in [1.82, 2.24) is 15.0 Å². The van der Waals surface area contributed by atoms with Crippen molar-refractivity contribution in [3.63, 3.8) is 0 Å². The Hall–Kier alpha value is -2.93. The van der Waals surface area contributed by atoms with E-state index in [0.717, 1.165) is 5.52 Å². The summed E-state index contributed by atoms with van der Waals surface area (Å²) in [5, 5.41) is 13.5. The van der Waals surface area contributed by atoms with Crippen LogP contribution in [0.25, 0.3) is 11.2 Å². The fraction of sp³-hybridized carbons (Fsp3) is 0.235. The van der Waals surface area contributed by atoms with E-state index < -0.39 is 6.10 Å². The van der Waals surface area contributed by atoms with Crippen molar-refractivity contribution >= 4 is 17.0 Å². The first-order valence-electron chi connectivity index (χ1n) is 7.42. The molecule has 2 N–H and O–H groups in total. The van der Waals surface area contributed by atoms with E-state index in [1.165, 1.54) is 0 Å². The van der Waals surface area contributed by atoms with Gasteiger partial charge in [-0.05, 0) is 29.8 Å². The van der Waals surface area contributed by atoms with Crippen molar-refractivity contribution < 1.29 is 14.6 Å². The van der Waals surface area contributed by atoms with E-state index in [4.69, 9.17) is 9.47 Å². The van der Waals surface area contributed by atoms with E-state index in [2.05, 4.69) is 20.3 Å². The van der Waals surface area contributed by atoms with Gasteiger partial charge in [0.2, 0.25) is 0 Å². The summed E-state index contributed by atoms with van der Waals surface area (Å²) < 4.78 is 10.4. The van der Waals surface area contributed by atoms with E-state index >= 15 is 0 Å². The number of aliphatic hydroxyl groups excluding tert-OH is 1. The van der Waals surface area contributed by atoms with Crippen LogP contribution in [0.15, 0.2) is 42.7 Å². The second-order valence-corrected chi connectivity index (χ2v) is 5.14. The largest absolute Gasteiger partial charge is 0.497 e. The summed E-state index contributed by atoms with van der Waals surface area (Å²) in [5.74, 6) is 1.88. The number of nitrogens with zero attached hydrogens (tertiary/aromatic N) is 3. The van der Waals surface area contributed by atoms with Crippen molar-refractivity contribution in [2.45, 2.75) is 6.10 Å². The molecular weight excluding hydrogens is 308 g/mol. The molecule has 3 rings (SSSR count). The number of pyridine rings is 1. The summed E-state index contributed by atoms with van der Waals surface area (Å²) in [6.45, 7) is 0.287. The van der Waals surface area contributed by atoms with Gasteiger partial charge in [-0.2, -0.15) is 0 Å². The summed E-state index contributed by atoms with van der Waals surface area (Å²) in [6, 6.07) is 8.93. The van der Waals surface area contributed by atoms with Crippen LogP contribution in [0.4, 0.5) is 5.82 Å². The van der Waals surface area contributed by atoms with Crippen LogP contribution in [-0.2, 0) is 0 Å². The Balaban J connectivity index is 1.73. The Morgan fingerprint density at radius 3 is 2.46 bits per heavy atom. The first-order chi connectivity index (χ1) is 11.7. The minimum Gasteiger partial charge on any atom is -0.497 e. The van der Waals surface area contributed by atoms with Gasteiger partial charge in [-0.15, -0.1) is 0 Å². The van der Waals surface area contributed by atoms with Gasteiger partial charge in [0.25, 0.3) is 0 Å². The molecule has 0 aliphatic rings. The van der Waals surface area contributed by atoms with E-state index in [9.17, 15) is 5.11 Å². The predicted molar refractivity (Wildman–Crippen MR) is 90.3 cm³/mol. The van der Waals surface area contributed by atoms with Gasteiger partial charge in [0.1, 0.15) is 22.8 Å². The average molecular weight is 326 g/mol. The van der Waals surface area contributed by atoms with Crippen LogP contribution in [0.3, 0.4) is 0 Å². The van der Waals surface area contributed by atoms with Gasteiger partial charge in [0.15, 0.2) is 5.65 Å². The summed E-state index contributed by atoms with van der Waals surface area (Å²) in [5.41, 5.74) is 1.97. The molecule has 0 spiro atoms. The van der Waals surface area contributed by atoms with Crippen LogP contribution >= 0.6 is 0 Å². The zero-order valence-corrected chi connectivity index (χ0v) is 13.4. The summed E-state index contributed by atoms with van der Waals surface area (Å²) >= 11 is 0. The van der Waals surface area contributed by atoms with Crippen LogP contribution in [0.5, 0.6) is 11.5 Å². The van der Waals surface area contributed by atoms with Crippen LogP contribution in [0.2, 0.25) is 0 Å². The van der Waals surface area contributed by atoms with Crippen LogP contribution in [0.1, 0.15) is 11.7 Å². The third-order valence-corrected chi connectivity index (χ3v) is 3.57. The smallest absolute Gasteiger partial charge is 0.180 e. The predicted octanol–water partition coefficient (Wildman–Crippen LogP) is 2.19. The molecule has 0 saturated carbocycles. The average Bonchev–Trinajstić information content (AvgIpc) is 2.65. The summed E-state index contributed by atoms with van der Waals surface area (Å²) in [7, 11) is 3.15. The molecule has 124 valence electrons. The van der Waals surface area contributed by atoms with Gasteiger partial charge in [-0.25, -0.2) is 9.97 Å². The second kappa shape index (κ2) is 7.10. The zero-order valence-electron chi connectivity index (χ0n) is 13.4. The van der Waals surface area contributed by atoms with Gasteiger partial charge in [0.05, 0.1) is 20.3 Å². The topological polar surface area (TPSA) is 89.4 Å². The van der Waals surface area contributed by atoms with E-state index in [1.54, 1.807) is 50.9 Å². The Morgan fingerprint density at radius 1 is 1.04 bits per heavy atom. The number of aromatic nitrogens is 3. The van der Waals surface area contributed by atoms with Crippen molar-refractivity contribution in [3.8, 4) is 11.5 Å². The standard InChI is InChI=1S/C17H18N4O3/c1-23-12-7-11(8-13(9-12)24-2)15(22)10-20-16-4-3-14-17(21-16)19-6-5-18-14/h3-9,15,22H,10H2,1-2H3,(H,19,20,21). The first kappa shape index (κ1) is 15.9. The third-order valence-electron chi connectivity index (χ3n) is 3.57. The van der Waals surface area contributed by atoms with E-state index in [1.807, 2.05) is 6.07 Å². The molecule has 1 unspecified atom stereocenters. The lowest BCUT2D eigenvalue weighted by Crippen LogP contribution is -2.13. The molecule has 7 nitrogen and oxygen atoms in total. The molecule has 0 saturated heterocycles. The number of rotatable bonds is 6. The zero-order chi connectivity index (χ0) is 16.9. The maximum atomic E-state index is 10.4. The highest BCUT2D eigenvalue weighted by atomic mass is 16.5. The monoisotopic (exact) mass is 326 g/mol. The summed E-state index contributed by atoms with van der Waals surface area (Å²) in [6.07, 6.45) is 2.47. The number of hydrogen-bond acceptors (Lipinski definition) is 7. The third kappa shape index (κ3) is 3.52. The molecule has 0 radical (unpaired) electrons. The number of methoxy groups -OCH3 is 2. The Labute approximate surface area is 139 Å². The number of ether oxygens (including phenoxy) is 2. The Bertz CT molecular complexity index is 819. The minimum atomic E-state index is -0.742. The fourth-order valence-corrected chi connectivity index (χ4v) is 2.29. The van der Waals surface area contributed by atoms with Crippen molar-refractivity contribution in [1.29, 1.82) is 0 Å². The molecule has 0 bridgehead atoms. The normalized spacial score (nSPS) is 12.0. The van der Waals surface area contributed by atoms with Gasteiger partial charge in [-0.1, -0.05) is 0 Å². The quantitative estimate of drug-likeness (QED) is 0.717. The summed E-state index contributed by atoms with van der Waals surface area (Å²) in [4.78, 5) is 12.7. The molecule has 1 atom stereocenters. The number of nitrogens with one attached hydrogen (secondary N) is 1. The molecule has 0 aliphatic heterocycles. The van der Waals surface area contributed by atoms with Gasteiger partial charge in [0, 0.05) is 25.0 Å². The number of hydrogen-bond donors (Lipinski definition) is 2. The maximum Gasteiger partial charge on any atom is 0.180 e. The molecule has 7 heteroatoms. The maximum absolute atomic E-state index is 10.4. The SMILES string of the molecule is COc1cc(OC)cc(C(O)CNc2ccc3nccnc3n2)c1. The molecule has 2 heterocycles. The highest BCUT2D eigenvalue weighted by Gasteiger charge is 2.11. The highest BCUT2D eigenvalue weighted by Crippen LogP contribution is 2.26. The number of anilines is 1. The van der Waals surface area contributed by atoms with Crippen molar-refractivity contribution in [3.05, 3.63) is 48.3 Å². The lowest BCUT2D eigenvalue weighted by molar-refractivity contribution is 0.190. The Kier molecular flexibility index (Phi) is 4.72. The lowest BCUT2D eigenvalue weighted by atomic mass is 10.1. The highest BCUT2D eigenvalue weighted by molar-refractivity contribution is 5.71. The molecular formula is C17H18N4O3. The second-order valence-electron chi connectivity index (χ2n) is 5.14. The number of fused-ring (bicyclic) bond motifs is 1. The minimum absolute atomic E-state index is 0.287. The molecule has 24 heavy (non-hydrogen) atoms. The molecule has 0 fully saturated rings. The van der Waals surface area contributed by atoms with E-state index in [0.29, 0.717) is 28.5 Å². The van der Waals surface area contributed by atoms with Gasteiger partial charge in [-0.3, -0.25) is 4.98 Å². The van der Waals surface area contributed by atoms with Crippen LogP contribution in [-0.4, -0.2) is 40.8 Å². The van der Waals surface area contributed by atoms with Crippen LogP contribution < -0.4 is 14.8 Å². The van der Waals surface area contributed by atoms with E-state index in [-0.39, 0.29) is 6.54 Å². The Morgan fingerprint density at radius 2 is 1.75 bits per heavy atom. The first-order valence-corrected chi connectivity index (χ1v) is 7.42. The van der Waals surface area contributed by atoms with Gasteiger partial charge >= 0.3 is 0 Å². The number of benzene rings is 1. The molecule has 1 aromatic carbocycles. The van der Waals surface area contributed by atoms with Crippen LogP contribution in [0, 0.1) is 0 Å².